The largest absolute Gasteiger partial charge is 0.472 e. The lowest BCUT2D eigenvalue weighted by Gasteiger charge is -2.14. The van der Waals surface area contributed by atoms with Crippen LogP contribution in [0.3, 0.4) is 0 Å². The number of H-pyrrole nitrogens is 2. The average Bonchev–Trinajstić information content (AvgIpc) is 3.14. The second-order valence-corrected chi connectivity index (χ2v) is 6.40. The van der Waals surface area contributed by atoms with E-state index in [9.17, 15) is 9.59 Å². The summed E-state index contributed by atoms with van der Waals surface area (Å²) in [6, 6.07) is 1.68. The topological polar surface area (TPSA) is 105 Å². The van der Waals surface area contributed by atoms with E-state index in [4.69, 9.17) is 8.83 Å². The number of aromatic nitrogens is 3. The first kappa shape index (κ1) is 15.8. The molecule has 3 rings (SSSR count). The summed E-state index contributed by atoms with van der Waals surface area (Å²) in [4.78, 5) is 33.7. The summed E-state index contributed by atoms with van der Waals surface area (Å²) in [7, 11) is 0. The second-order valence-electron chi connectivity index (χ2n) is 6.40. The van der Waals surface area contributed by atoms with Crippen molar-refractivity contribution in [3.05, 3.63) is 73.4 Å². The van der Waals surface area contributed by atoms with Crippen molar-refractivity contribution < 1.29 is 8.83 Å². The van der Waals surface area contributed by atoms with E-state index < -0.39 is 11.1 Å². The van der Waals surface area contributed by atoms with Gasteiger partial charge in [0, 0.05) is 11.0 Å². The molecule has 0 saturated heterocycles. The molecule has 3 aromatic rings. The van der Waals surface area contributed by atoms with E-state index in [2.05, 4.69) is 15.0 Å². The van der Waals surface area contributed by atoms with Crippen molar-refractivity contribution in [2.75, 3.05) is 0 Å². The predicted molar refractivity (Wildman–Crippen MR) is 88.0 cm³/mol. The molecule has 7 nitrogen and oxygen atoms in total. The number of furan rings is 1. The van der Waals surface area contributed by atoms with Crippen LogP contribution in [0.1, 0.15) is 37.8 Å². The van der Waals surface area contributed by atoms with Gasteiger partial charge in [-0.05, 0) is 18.2 Å². The van der Waals surface area contributed by atoms with Crippen LogP contribution in [-0.4, -0.2) is 15.0 Å². The van der Waals surface area contributed by atoms with Gasteiger partial charge in [-0.25, -0.2) is 4.98 Å². The Balaban J connectivity index is 2.15. The van der Waals surface area contributed by atoms with Gasteiger partial charge in [0.25, 0.3) is 11.1 Å². The van der Waals surface area contributed by atoms with Crippen LogP contribution in [0.4, 0.5) is 0 Å². The lowest BCUT2D eigenvalue weighted by molar-refractivity contribution is 0.407. The highest BCUT2D eigenvalue weighted by molar-refractivity contribution is 5.47. The van der Waals surface area contributed by atoms with Crippen LogP contribution in [0.25, 0.3) is 12.2 Å². The highest BCUT2D eigenvalue weighted by atomic mass is 16.3. The van der Waals surface area contributed by atoms with Crippen molar-refractivity contribution in [1.82, 2.24) is 15.0 Å². The van der Waals surface area contributed by atoms with Gasteiger partial charge in [0.2, 0.25) is 0 Å². The van der Waals surface area contributed by atoms with Crippen LogP contribution in [0.2, 0.25) is 0 Å². The zero-order chi connectivity index (χ0) is 17.3. The first-order valence-corrected chi connectivity index (χ1v) is 7.37. The molecule has 0 spiro atoms. The molecular formula is C17H17N3O4. The van der Waals surface area contributed by atoms with E-state index in [1.165, 1.54) is 31.1 Å². The normalized spacial score (nSPS) is 13.6. The zero-order valence-electron chi connectivity index (χ0n) is 13.5. The third kappa shape index (κ3) is 3.15. The van der Waals surface area contributed by atoms with Crippen LogP contribution in [-0.2, 0) is 5.41 Å². The molecule has 0 bridgehead atoms. The highest BCUT2D eigenvalue weighted by Gasteiger charge is 2.21. The predicted octanol–water partition coefficient (Wildman–Crippen LogP) is 0.599. The van der Waals surface area contributed by atoms with Gasteiger partial charge in [-0.3, -0.25) is 9.59 Å². The number of aromatic amines is 2. The molecule has 0 saturated carbocycles. The van der Waals surface area contributed by atoms with Gasteiger partial charge >= 0.3 is 0 Å². The number of hydrogen-bond donors (Lipinski definition) is 2. The maximum absolute atomic E-state index is 12.2. The Morgan fingerprint density at radius 3 is 2.33 bits per heavy atom. The third-order valence-corrected chi connectivity index (χ3v) is 3.40. The van der Waals surface area contributed by atoms with Crippen molar-refractivity contribution in [2.45, 2.75) is 26.2 Å². The highest BCUT2D eigenvalue weighted by Crippen LogP contribution is 2.25. The Morgan fingerprint density at radius 2 is 1.75 bits per heavy atom. The first-order chi connectivity index (χ1) is 11.3. The van der Waals surface area contributed by atoms with E-state index in [1.807, 2.05) is 20.8 Å². The van der Waals surface area contributed by atoms with E-state index >= 15 is 0 Å². The Labute approximate surface area is 136 Å². The molecule has 0 aromatic carbocycles. The Morgan fingerprint density at radius 1 is 1.08 bits per heavy atom. The first-order valence-electron chi connectivity index (χ1n) is 7.37. The molecule has 0 atom stereocenters. The Kier molecular flexibility index (Phi) is 3.84. The minimum atomic E-state index is -0.424. The molecule has 124 valence electrons. The molecule has 3 aromatic heterocycles. The summed E-state index contributed by atoms with van der Waals surface area (Å²) in [5, 5.41) is 0.262. The van der Waals surface area contributed by atoms with Gasteiger partial charge in [0.05, 0.1) is 12.5 Å². The fourth-order valence-corrected chi connectivity index (χ4v) is 2.28. The van der Waals surface area contributed by atoms with E-state index in [0.29, 0.717) is 17.0 Å². The monoisotopic (exact) mass is 327 g/mol. The summed E-state index contributed by atoms with van der Waals surface area (Å²) in [6.45, 7) is 5.92. The smallest absolute Gasteiger partial charge is 0.272 e. The van der Waals surface area contributed by atoms with E-state index in [-0.39, 0.29) is 16.1 Å². The van der Waals surface area contributed by atoms with Crippen molar-refractivity contribution >= 4 is 12.2 Å². The molecule has 0 aliphatic rings. The maximum Gasteiger partial charge on any atom is 0.272 e. The van der Waals surface area contributed by atoms with Crippen LogP contribution in [0, 0.1) is 0 Å². The van der Waals surface area contributed by atoms with Crippen LogP contribution < -0.4 is 21.8 Å². The zero-order valence-corrected chi connectivity index (χ0v) is 13.5. The van der Waals surface area contributed by atoms with Crippen molar-refractivity contribution in [2.24, 2.45) is 0 Å². The standard InChI is InChI=1S/C17H17N3O4/c1-17(2,3)14-11(18-9-24-14)7-13-16(22)19-12(15(21)20-13)6-10-4-5-23-8-10/h4-9H,1-3H3,(H,19,22)(H,20,21). The van der Waals surface area contributed by atoms with Gasteiger partial charge in [-0.1, -0.05) is 20.8 Å². The number of rotatable bonds is 2. The van der Waals surface area contributed by atoms with Gasteiger partial charge < -0.3 is 18.8 Å². The summed E-state index contributed by atoms with van der Waals surface area (Å²) in [5.41, 5.74) is 0.0781. The fourth-order valence-electron chi connectivity index (χ4n) is 2.28. The lowest BCUT2D eigenvalue weighted by Crippen LogP contribution is -2.46. The Hall–Kier alpha value is -3.09. The quantitative estimate of drug-likeness (QED) is 0.717. The summed E-state index contributed by atoms with van der Waals surface area (Å²) < 4.78 is 10.3. The van der Waals surface area contributed by atoms with Crippen LogP contribution in [0.5, 0.6) is 0 Å². The Bertz CT molecular complexity index is 1080. The SMILES string of the molecule is CC(C)(C)c1ocnc1C=c1[nH]c(=O)c(=Cc2ccoc2)[nH]c1=O. The summed E-state index contributed by atoms with van der Waals surface area (Å²) >= 11 is 0. The molecule has 0 amide bonds. The van der Waals surface area contributed by atoms with Crippen molar-refractivity contribution in [1.29, 1.82) is 0 Å². The third-order valence-electron chi connectivity index (χ3n) is 3.40. The van der Waals surface area contributed by atoms with Crippen molar-refractivity contribution in [3.8, 4) is 0 Å². The number of hydrogen-bond acceptors (Lipinski definition) is 5. The molecule has 0 radical (unpaired) electrons. The molecule has 7 heteroatoms. The summed E-state index contributed by atoms with van der Waals surface area (Å²) in [5.74, 6) is 0.636. The maximum atomic E-state index is 12.2. The molecule has 0 aliphatic carbocycles. The van der Waals surface area contributed by atoms with Crippen LogP contribution in [0.15, 0.2) is 43.4 Å². The molecule has 0 fully saturated rings. The molecule has 2 N–H and O–H groups in total. The minimum absolute atomic E-state index is 0.115. The fraction of sp³-hybridized carbons (Fsp3) is 0.235. The van der Waals surface area contributed by atoms with Gasteiger partial charge in [-0.15, -0.1) is 0 Å². The number of nitrogens with one attached hydrogen (secondary N) is 2. The number of oxazole rings is 1. The molecular weight excluding hydrogens is 310 g/mol. The summed E-state index contributed by atoms with van der Waals surface area (Å²) in [6.07, 6.45) is 7.32. The number of nitrogens with zero attached hydrogens (tertiary/aromatic N) is 1. The van der Waals surface area contributed by atoms with Gasteiger partial charge in [0.1, 0.15) is 22.2 Å². The van der Waals surface area contributed by atoms with Gasteiger partial charge in [-0.2, -0.15) is 0 Å². The van der Waals surface area contributed by atoms with Gasteiger partial charge in [0.15, 0.2) is 6.39 Å². The molecule has 3 heterocycles. The lowest BCUT2D eigenvalue weighted by atomic mass is 9.92. The van der Waals surface area contributed by atoms with Crippen molar-refractivity contribution in [3.63, 3.8) is 0 Å². The average molecular weight is 327 g/mol. The molecule has 0 unspecified atom stereocenters. The molecule has 0 aliphatic heterocycles. The van der Waals surface area contributed by atoms with E-state index in [1.54, 1.807) is 6.07 Å². The van der Waals surface area contributed by atoms with E-state index in [0.717, 1.165) is 0 Å². The second kappa shape index (κ2) is 5.84. The molecule has 24 heavy (non-hydrogen) atoms. The van der Waals surface area contributed by atoms with Crippen LogP contribution >= 0.6 is 0 Å². The minimum Gasteiger partial charge on any atom is -0.472 e.